The average molecular weight is 260 g/mol. The van der Waals surface area contributed by atoms with Gasteiger partial charge in [0.05, 0.1) is 6.61 Å². The molecule has 0 saturated carbocycles. The fourth-order valence-electron chi connectivity index (χ4n) is 1.90. The Morgan fingerprint density at radius 2 is 2.06 bits per heavy atom. The molecule has 1 rings (SSSR count). The first-order chi connectivity index (χ1) is 7.53. The van der Waals surface area contributed by atoms with Gasteiger partial charge in [-0.2, -0.15) is 13.2 Å². The monoisotopic (exact) mass is 259 g/mol. The maximum atomic E-state index is 11.8. The van der Waals surface area contributed by atoms with Gasteiger partial charge < -0.3 is 4.74 Å². The van der Waals surface area contributed by atoms with Crippen molar-refractivity contribution >= 4 is 11.6 Å². The van der Waals surface area contributed by atoms with Crippen LogP contribution in [0.4, 0.5) is 13.2 Å². The normalized spacial score (nSPS) is 23.6. The smallest absolute Gasteiger partial charge is 0.371 e. The van der Waals surface area contributed by atoms with Crippen LogP contribution in [0.3, 0.4) is 0 Å². The highest BCUT2D eigenvalue weighted by atomic mass is 35.5. The molecule has 1 saturated heterocycles. The van der Waals surface area contributed by atoms with E-state index in [1.807, 2.05) is 0 Å². The van der Waals surface area contributed by atoms with Gasteiger partial charge in [-0.15, -0.1) is 11.6 Å². The van der Waals surface area contributed by atoms with Crippen molar-refractivity contribution in [3.8, 4) is 0 Å². The van der Waals surface area contributed by atoms with Gasteiger partial charge in [0.25, 0.3) is 0 Å². The predicted octanol–water partition coefficient (Wildman–Crippen LogP) is 2.66. The molecule has 1 aliphatic heterocycles. The largest absolute Gasteiger partial charge is 0.411 e. The predicted molar refractivity (Wildman–Crippen MR) is 56.8 cm³/mol. The molecule has 1 aliphatic rings. The summed E-state index contributed by atoms with van der Waals surface area (Å²) in [6, 6.07) is 0.296. The minimum atomic E-state index is -4.23. The van der Waals surface area contributed by atoms with E-state index in [9.17, 15) is 13.2 Å². The summed E-state index contributed by atoms with van der Waals surface area (Å²) in [6.45, 7) is 0.402. The Morgan fingerprint density at radius 3 is 2.69 bits per heavy atom. The number of hydrogen-bond donors (Lipinski definition) is 0. The van der Waals surface area contributed by atoms with Crippen LogP contribution in [0.15, 0.2) is 0 Å². The lowest BCUT2D eigenvalue weighted by Gasteiger charge is -2.34. The Morgan fingerprint density at radius 1 is 1.31 bits per heavy atom. The van der Waals surface area contributed by atoms with E-state index in [1.165, 1.54) is 0 Å². The third-order valence-electron chi connectivity index (χ3n) is 2.72. The van der Waals surface area contributed by atoms with E-state index >= 15 is 0 Å². The van der Waals surface area contributed by atoms with Gasteiger partial charge in [-0.25, -0.2) is 0 Å². The third kappa shape index (κ3) is 5.37. The molecule has 6 heteroatoms. The minimum Gasteiger partial charge on any atom is -0.371 e. The van der Waals surface area contributed by atoms with Gasteiger partial charge >= 0.3 is 6.18 Å². The molecule has 2 nitrogen and oxygen atoms in total. The Labute approximate surface area is 98.7 Å². The molecule has 0 aromatic carbocycles. The highest BCUT2D eigenvalue weighted by Crippen LogP contribution is 2.18. The molecule has 0 spiro atoms. The van der Waals surface area contributed by atoms with Gasteiger partial charge in [0, 0.05) is 18.5 Å². The summed E-state index contributed by atoms with van der Waals surface area (Å²) in [5, 5.41) is 0. The number of likely N-dealkylation sites (tertiary alicyclic amines) is 1. The first-order valence-electron chi connectivity index (χ1n) is 5.47. The van der Waals surface area contributed by atoms with E-state index in [4.69, 9.17) is 11.6 Å². The number of hydrogen-bond acceptors (Lipinski definition) is 2. The van der Waals surface area contributed by atoms with E-state index in [1.54, 1.807) is 0 Å². The summed E-state index contributed by atoms with van der Waals surface area (Å²) in [5.41, 5.74) is 0. The van der Waals surface area contributed by atoms with Crippen molar-refractivity contribution in [1.29, 1.82) is 0 Å². The summed E-state index contributed by atoms with van der Waals surface area (Å²) in [5.74, 6) is 0.541. The highest BCUT2D eigenvalue weighted by Gasteiger charge is 2.27. The molecule has 0 aromatic rings. The fraction of sp³-hybridized carbons (Fsp3) is 1.00. The van der Waals surface area contributed by atoms with Crippen LogP contribution in [-0.4, -0.2) is 49.3 Å². The summed E-state index contributed by atoms with van der Waals surface area (Å²) in [6.07, 6.45) is -0.958. The molecule has 0 bridgehead atoms. The topological polar surface area (TPSA) is 12.5 Å². The second-order valence-corrected chi connectivity index (χ2v) is 4.32. The summed E-state index contributed by atoms with van der Waals surface area (Å²) in [4.78, 5) is 2.12. The lowest BCUT2D eigenvalue weighted by molar-refractivity contribution is -0.174. The molecule has 1 fully saturated rings. The molecule has 0 N–H and O–H groups in total. The van der Waals surface area contributed by atoms with Gasteiger partial charge in [-0.05, 0) is 19.4 Å². The van der Waals surface area contributed by atoms with Crippen molar-refractivity contribution in [2.75, 3.05) is 32.2 Å². The lowest BCUT2D eigenvalue weighted by Crippen LogP contribution is -2.42. The Kier molecular flexibility index (Phi) is 5.86. The van der Waals surface area contributed by atoms with Gasteiger partial charge in [0.1, 0.15) is 6.61 Å². The number of alkyl halides is 4. The van der Waals surface area contributed by atoms with E-state index in [2.05, 4.69) is 9.64 Å². The number of halogens is 4. The second-order valence-electron chi connectivity index (χ2n) is 4.01. The zero-order valence-electron chi connectivity index (χ0n) is 9.10. The quantitative estimate of drug-likeness (QED) is 0.556. The molecule has 0 amide bonds. The molecule has 1 atom stereocenters. The van der Waals surface area contributed by atoms with Crippen molar-refractivity contribution in [3.63, 3.8) is 0 Å². The Hall–Kier alpha value is 0. The molecule has 1 heterocycles. The van der Waals surface area contributed by atoms with Crippen LogP contribution >= 0.6 is 11.6 Å². The van der Waals surface area contributed by atoms with Gasteiger partial charge in [-0.3, -0.25) is 4.90 Å². The fourth-order valence-corrected chi connectivity index (χ4v) is 2.25. The van der Waals surface area contributed by atoms with Gasteiger partial charge in [0.15, 0.2) is 0 Å². The zero-order chi connectivity index (χ0) is 12.0. The minimum absolute atomic E-state index is 0.118. The van der Waals surface area contributed by atoms with Gasteiger partial charge in [0.2, 0.25) is 0 Å². The van der Waals surface area contributed by atoms with E-state index < -0.39 is 12.8 Å². The average Bonchev–Trinajstić information content (AvgIpc) is 2.23. The van der Waals surface area contributed by atoms with Crippen LogP contribution in [0.2, 0.25) is 0 Å². The summed E-state index contributed by atoms with van der Waals surface area (Å²) in [7, 11) is 0. The van der Waals surface area contributed by atoms with Crippen LogP contribution in [0.1, 0.15) is 19.3 Å². The molecule has 0 aromatic heterocycles. The van der Waals surface area contributed by atoms with E-state index in [0.717, 1.165) is 25.8 Å². The van der Waals surface area contributed by atoms with E-state index in [-0.39, 0.29) is 6.61 Å². The molecule has 0 radical (unpaired) electrons. The lowest BCUT2D eigenvalue weighted by atomic mass is 10.0. The van der Waals surface area contributed by atoms with E-state index in [0.29, 0.717) is 18.5 Å². The zero-order valence-corrected chi connectivity index (χ0v) is 9.86. The Bertz CT molecular complexity index is 201. The van der Waals surface area contributed by atoms with Gasteiger partial charge in [-0.1, -0.05) is 6.42 Å². The first-order valence-corrected chi connectivity index (χ1v) is 6.01. The van der Waals surface area contributed by atoms with Crippen LogP contribution in [0.25, 0.3) is 0 Å². The standard InChI is InChI=1S/C10H17ClF3NO/c11-7-9-3-1-2-4-15(9)5-6-16-8-10(12,13)14/h9H,1-8H2. The van der Waals surface area contributed by atoms with Crippen LogP contribution in [0, 0.1) is 0 Å². The molecule has 0 aliphatic carbocycles. The number of piperidine rings is 1. The van der Waals surface area contributed by atoms with Crippen molar-refractivity contribution in [2.24, 2.45) is 0 Å². The molecule has 16 heavy (non-hydrogen) atoms. The first kappa shape index (κ1) is 14.1. The molecular formula is C10H17ClF3NO. The van der Waals surface area contributed by atoms with Crippen LogP contribution in [-0.2, 0) is 4.74 Å². The molecule has 1 unspecified atom stereocenters. The SMILES string of the molecule is FC(F)(F)COCCN1CCCCC1CCl. The maximum absolute atomic E-state index is 11.8. The molecular weight excluding hydrogens is 243 g/mol. The van der Waals surface area contributed by atoms with Crippen molar-refractivity contribution in [3.05, 3.63) is 0 Å². The van der Waals surface area contributed by atoms with Crippen molar-refractivity contribution in [2.45, 2.75) is 31.5 Å². The van der Waals surface area contributed by atoms with Crippen LogP contribution in [0.5, 0.6) is 0 Å². The highest BCUT2D eigenvalue weighted by molar-refractivity contribution is 6.18. The second kappa shape index (κ2) is 6.67. The molecule has 96 valence electrons. The summed E-state index contributed by atoms with van der Waals surface area (Å²) >= 11 is 5.80. The third-order valence-corrected chi connectivity index (χ3v) is 3.07. The number of ether oxygens (including phenoxy) is 1. The van der Waals surface area contributed by atoms with Crippen LogP contribution < -0.4 is 0 Å². The maximum Gasteiger partial charge on any atom is 0.411 e. The van der Waals surface area contributed by atoms with Crippen molar-refractivity contribution in [1.82, 2.24) is 4.90 Å². The number of rotatable bonds is 5. The Balaban J connectivity index is 2.15. The number of nitrogens with zero attached hydrogens (tertiary/aromatic N) is 1. The summed E-state index contributed by atoms with van der Waals surface area (Å²) < 4.78 is 40.0. The van der Waals surface area contributed by atoms with Crippen molar-refractivity contribution < 1.29 is 17.9 Å².